The Morgan fingerprint density at radius 1 is 0.284 bits per heavy atom. The van der Waals surface area contributed by atoms with Gasteiger partial charge in [-0.2, -0.15) is 0 Å². The first-order chi connectivity index (χ1) is 42.1. The molecule has 19 heteroatoms. The number of phosphoric ester groups is 2. The number of carbonyl (C=O) groups is 4. The molecule has 0 heterocycles. The molecule has 0 aromatic carbocycles. The third kappa shape index (κ3) is 62.8. The Morgan fingerprint density at radius 2 is 0.477 bits per heavy atom. The highest BCUT2D eigenvalue weighted by Crippen LogP contribution is 2.45. The molecule has 0 bridgehead atoms. The van der Waals surface area contributed by atoms with Crippen LogP contribution in [0.15, 0.2) is 0 Å². The van der Waals surface area contributed by atoms with Gasteiger partial charge in [-0.05, 0) is 49.4 Å². The van der Waals surface area contributed by atoms with Crippen LogP contribution in [0.1, 0.15) is 338 Å². The zero-order chi connectivity index (χ0) is 65.4. The van der Waals surface area contributed by atoms with Gasteiger partial charge in [-0.25, -0.2) is 9.13 Å². The number of unbranched alkanes of at least 4 members (excludes halogenated alkanes) is 32. The number of esters is 4. The smallest absolute Gasteiger partial charge is 0.462 e. The first kappa shape index (κ1) is 86.1. The molecule has 88 heavy (non-hydrogen) atoms. The van der Waals surface area contributed by atoms with Crippen LogP contribution in [0.4, 0.5) is 0 Å². The molecule has 0 aromatic heterocycles. The minimum atomic E-state index is -4.95. The topological polar surface area (TPSA) is 237 Å². The van der Waals surface area contributed by atoms with Crippen LogP contribution in [0.5, 0.6) is 0 Å². The van der Waals surface area contributed by atoms with Crippen molar-refractivity contribution in [1.82, 2.24) is 0 Å². The number of phosphoric acid groups is 2. The molecule has 522 valence electrons. The fourth-order valence-electron chi connectivity index (χ4n) is 10.3. The molecule has 0 saturated carbocycles. The lowest BCUT2D eigenvalue weighted by Gasteiger charge is -2.21. The molecule has 0 aliphatic heterocycles. The molecule has 0 spiro atoms. The summed E-state index contributed by atoms with van der Waals surface area (Å²) in [5.41, 5.74) is 0. The summed E-state index contributed by atoms with van der Waals surface area (Å²) in [5.74, 6) is 0.788. The maximum Gasteiger partial charge on any atom is 0.472 e. The number of ether oxygens (including phenoxy) is 4. The summed E-state index contributed by atoms with van der Waals surface area (Å²) in [4.78, 5) is 72.4. The predicted octanol–water partition coefficient (Wildman–Crippen LogP) is 19.3. The summed E-state index contributed by atoms with van der Waals surface area (Å²) >= 11 is 0. The molecule has 0 aliphatic carbocycles. The standard InChI is InChI=1S/C69H134O17P2/c1-59(2)45-37-29-21-16-12-9-10-14-18-24-33-41-49-66(71)79-55-64(86-69(74)52-44-36-26-20-23-31-39-47-61(5)6)57-83-87(75,76)81-53-63(70)54-82-88(77,78)84-58-65(56-80-67(72)50-42-34-28-27-32-40-48-62(7)8)85-68(73)51-43-35-25-19-15-11-13-17-22-30-38-46-60(3)4/h59-65,70H,9-58H2,1-8H3,(H,75,76)(H,77,78)/t63-,64-,65-/m1/s1. The zero-order valence-corrected chi connectivity index (χ0v) is 59.1. The summed E-state index contributed by atoms with van der Waals surface area (Å²) in [6, 6.07) is 0. The van der Waals surface area contributed by atoms with Gasteiger partial charge in [0.2, 0.25) is 0 Å². The number of aliphatic hydroxyl groups excluding tert-OH is 1. The molecular weight excluding hydrogens is 1160 g/mol. The minimum absolute atomic E-state index is 0.103. The Kier molecular flexibility index (Phi) is 57.6. The van der Waals surface area contributed by atoms with Crippen molar-refractivity contribution >= 4 is 39.5 Å². The van der Waals surface area contributed by atoms with E-state index >= 15 is 0 Å². The lowest BCUT2D eigenvalue weighted by atomic mass is 10.0. The predicted molar refractivity (Wildman–Crippen MR) is 354 cm³/mol. The van der Waals surface area contributed by atoms with Crippen LogP contribution in [0.2, 0.25) is 0 Å². The van der Waals surface area contributed by atoms with Crippen molar-refractivity contribution in [3.63, 3.8) is 0 Å². The second-order valence-electron chi connectivity index (χ2n) is 26.8. The van der Waals surface area contributed by atoms with Gasteiger partial charge in [0.1, 0.15) is 19.3 Å². The maximum atomic E-state index is 13.0. The Labute approximate surface area is 537 Å². The first-order valence-corrected chi connectivity index (χ1v) is 38.7. The summed E-state index contributed by atoms with van der Waals surface area (Å²) < 4.78 is 68.2. The molecule has 0 fully saturated rings. The van der Waals surface area contributed by atoms with Gasteiger partial charge in [0.15, 0.2) is 12.2 Å². The van der Waals surface area contributed by atoms with Crippen LogP contribution in [-0.4, -0.2) is 96.7 Å². The van der Waals surface area contributed by atoms with Gasteiger partial charge in [-0.15, -0.1) is 0 Å². The summed E-state index contributed by atoms with van der Waals surface area (Å²) in [5, 5.41) is 10.6. The van der Waals surface area contributed by atoms with Gasteiger partial charge in [0.05, 0.1) is 26.4 Å². The van der Waals surface area contributed by atoms with Crippen LogP contribution >= 0.6 is 15.6 Å². The van der Waals surface area contributed by atoms with E-state index in [1.165, 1.54) is 135 Å². The molecule has 2 unspecified atom stereocenters. The Bertz CT molecular complexity index is 1750. The second-order valence-corrected chi connectivity index (χ2v) is 29.7. The second kappa shape index (κ2) is 58.8. The summed E-state index contributed by atoms with van der Waals surface area (Å²) in [6.45, 7) is 14.0. The van der Waals surface area contributed by atoms with E-state index in [0.29, 0.717) is 37.5 Å². The van der Waals surface area contributed by atoms with Crippen LogP contribution in [0, 0.1) is 23.7 Å². The van der Waals surface area contributed by atoms with E-state index in [2.05, 4.69) is 55.4 Å². The van der Waals surface area contributed by atoms with Crippen LogP contribution in [-0.2, 0) is 65.4 Å². The van der Waals surface area contributed by atoms with E-state index in [9.17, 15) is 43.2 Å². The molecule has 0 amide bonds. The Morgan fingerprint density at radius 3 is 0.705 bits per heavy atom. The van der Waals surface area contributed by atoms with Crippen molar-refractivity contribution in [2.24, 2.45) is 23.7 Å². The minimum Gasteiger partial charge on any atom is -0.462 e. The Hall–Kier alpha value is -1.94. The largest absolute Gasteiger partial charge is 0.472 e. The molecule has 0 aromatic rings. The average molecular weight is 1300 g/mol. The van der Waals surface area contributed by atoms with Crippen LogP contribution < -0.4 is 0 Å². The molecular formula is C69H134O17P2. The maximum absolute atomic E-state index is 13.0. The summed E-state index contributed by atoms with van der Waals surface area (Å²) in [7, 11) is -9.90. The Balaban J connectivity index is 5.22. The summed E-state index contributed by atoms with van der Waals surface area (Å²) in [6.07, 6.45) is 40.5. The molecule has 17 nitrogen and oxygen atoms in total. The molecule has 3 N–H and O–H groups in total. The number of hydrogen-bond donors (Lipinski definition) is 3. The SMILES string of the molecule is CC(C)CCCCCCCCCCCCCCC(=O)OC[C@H](COP(=O)(O)OC[C@@H](O)COP(=O)(O)OC[C@@H](COC(=O)CCCCCCCCC(C)C)OC(=O)CCCCCCCCCCCCCC(C)C)OC(=O)CCCCCCCCCC(C)C. The van der Waals surface area contributed by atoms with Gasteiger partial charge >= 0.3 is 39.5 Å². The highest BCUT2D eigenvalue weighted by molar-refractivity contribution is 7.47. The molecule has 0 saturated heterocycles. The first-order valence-electron chi connectivity index (χ1n) is 35.7. The van der Waals surface area contributed by atoms with Gasteiger partial charge in [-0.1, -0.05) is 287 Å². The normalized spacial score (nSPS) is 14.3. The van der Waals surface area contributed by atoms with Crippen molar-refractivity contribution in [1.29, 1.82) is 0 Å². The monoisotopic (exact) mass is 1300 g/mol. The van der Waals surface area contributed by atoms with E-state index < -0.39 is 97.5 Å². The van der Waals surface area contributed by atoms with Crippen molar-refractivity contribution in [2.45, 2.75) is 356 Å². The number of aliphatic hydroxyl groups is 1. The van der Waals surface area contributed by atoms with E-state index in [1.54, 1.807) is 0 Å². The van der Waals surface area contributed by atoms with Gasteiger partial charge in [0, 0.05) is 25.7 Å². The van der Waals surface area contributed by atoms with Crippen molar-refractivity contribution in [3.05, 3.63) is 0 Å². The quantitative estimate of drug-likeness (QED) is 0.0222. The molecule has 0 aliphatic rings. The third-order valence-electron chi connectivity index (χ3n) is 15.8. The fraction of sp³-hybridized carbons (Fsp3) is 0.942. The van der Waals surface area contributed by atoms with E-state index in [1.807, 2.05) is 0 Å². The lowest BCUT2D eigenvalue weighted by molar-refractivity contribution is -0.161. The molecule has 0 radical (unpaired) electrons. The third-order valence-corrected chi connectivity index (χ3v) is 17.7. The fourth-order valence-corrected chi connectivity index (χ4v) is 11.9. The number of rotatable bonds is 66. The van der Waals surface area contributed by atoms with Crippen LogP contribution in [0.25, 0.3) is 0 Å². The van der Waals surface area contributed by atoms with Crippen LogP contribution in [0.3, 0.4) is 0 Å². The number of carbonyl (C=O) groups excluding carboxylic acids is 4. The van der Waals surface area contributed by atoms with E-state index in [4.69, 9.17) is 37.0 Å². The zero-order valence-electron chi connectivity index (χ0n) is 57.3. The van der Waals surface area contributed by atoms with E-state index in [-0.39, 0.29) is 25.7 Å². The van der Waals surface area contributed by atoms with Gasteiger partial charge < -0.3 is 33.8 Å². The van der Waals surface area contributed by atoms with E-state index in [0.717, 1.165) is 108 Å². The average Bonchev–Trinajstić information content (AvgIpc) is 3.59. The number of hydrogen-bond acceptors (Lipinski definition) is 15. The van der Waals surface area contributed by atoms with Crippen molar-refractivity contribution < 1.29 is 80.2 Å². The highest BCUT2D eigenvalue weighted by atomic mass is 31.2. The van der Waals surface area contributed by atoms with Gasteiger partial charge in [0.25, 0.3) is 0 Å². The highest BCUT2D eigenvalue weighted by Gasteiger charge is 2.30. The van der Waals surface area contributed by atoms with Gasteiger partial charge in [-0.3, -0.25) is 37.3 Å². The van der Waals surface area contributed by atoms with Crippen molar-refractivity contribution in [3.8, 4) is 0 Å². The van der Waals surface area contributed by atoms with Crippen molar-refractivity contribution in [2.75, 3.05) is 39.6 Å². The molecule has 5 atom stereocenters. The lowest BCUT2D eigenvalue weighted by Crippen LogP contribution is -2.30. The molecule has 0 rings (SSSR count).